The molecule has 112 valence electrons. The maximum Gasteiger partial charge on any atom is 0.320 e. The van der Waals surface area contributed by atoms with Gasteiger partial charge in [-0.15, -0.1) is 0 Å². The van der Waals surface area contributed by atoms with E-state index < -0.39 is 29.7 Å². The maximum atomic E-state index is 13.5. The molecule has 7 heteroatoms. The fourth-order valence-electron chi connectivity index (χ4n) is 1.88. The number of nitrogens with zero attached hydrogens (tertiary/aromatic N) is 1. The zero-order chi connectivity index (χ0) is 16.0. The summed E-state index contributed by atoms with van der Waals surface area (Å²) >= 11 is 0. The Bertz CT molecular complexity index is 583. The lowest BCUT2D eigenvalue weighted by atomic mass is 9.92. The Morgan fingerprint density at radius 3 is 2.43 bits per heavy atom. The third kappa shape index (κ3) is 4.85. The van der Waals surface area contributed by atoms with Crippen LogP contribution in [0.1, 0.15) is 24.0 Å². The van der Waals surface area contributed by atoms with Crippen LogP contribution in [0.3, 0.4) is 0 Å². The number of halogens is 1. The molecule has 0 aliphatic carbocycles. The van der Waals surface area contributed by atoms with E-state index in [1.807, 2.05) is 0 Å². The van der Waals surface area contributed by atoms with Crippen molar-refractivity contribution in [3.8, 4) is 6.07 Å². The first-order chi connectivity index (χ1) is 9.85. The van der Waals surface area contributed by atoms with Gasteiger partial charge in [0, 0.05) is 0 Å². The highest BCUT2D eigenvalue weighted by atomic mass is 19.1. The van der Waals surface area contributed by atoms with Crippen LogP contribution in [-0.2, 0) is 16.0 Å². The Morgan fingerprint density at radius 1 is 1.29 bits per heavy atom. The average molecular weight is 294 g/mol. The Morgan fingerprint density at radius 2 is 1.95 bits per heavy atom. The molecule has 0 saturated carbocycles. The molecule has 6 nitrogen and oxygen atoms in total. The first-order valence-electron chi connectivity index (χ1n) is 6.25. The number of nitrogens with two attached hydrogens (primary N) is 1. The van der Waals surface area contributed by atoms with Gasteiger partial charge in [-0.1, -0.05) is 6.07 Å². The minimum Gasteiger partial charge on any atom is -0.481 e. The van der Waals surface area contributed by atoms with E-state index in [2.05, 4.69) is 0 Å². The van der Waals surface area contributed by atoms with Gasteiger partial charge in [0.2, 0.25) is 0 Å². The number of benzene rings is 1. The first-order valence-corrected chi connectivity index (χ1v) is 6.25. The molecule has 0 heterocycles. The smallest absolute Gasteiger partial charge is 0.320 e. The summed E-state index contributed by atoms with van der Waals surface area (Å²) in [6, 6.07) is 4.44. The first kappa shape index (κ1) is 16.6. The molecule has 0 spiro atoms. The molecule has 0 saturated heterocycles. The third-order valence-electron chi connectivity index (χ3n) is 3.13. The van der Waals surface area contributed by atoms with Crippen LogP contribution < -0.4 is 5.73 Å². The summed E-state index contributed by atoms with van der Waals surface area (Å²) in [4.78, 5) is 21.8. The molecule has 1 aromatic carbocycles. The summed E-state index contributed by atoms with van der Waals surface area (Å²) in [7, 11) is 0. The van der Waals surface area contributed by atoms with Gasteiger partial charge in [-0.3, -0.25) is 9.59 Å². The van der Waals surface area contributed by atoms with Gasteiger partial charge < -0.3 is 15.9 Å². The lowest BCUT2D eigenvalue weighted by Gasteiger charge is -2.14. The molecule has 0 amide bonds. The van der Waals surface area contributed by atoms with Crippen LogP contribution in [0.5, 0.6) is 0 Å². The quantitative estimate of drug-likeness (QED) is 0.692. The number of carboxylic acid groups (broad SMARTS) is 2. The van der Waals surface area contributed by atoms with Crippen LogP contribution in [0.4, 0.5) is 4.39 Å². The lowest BCUT2D eigenvalue weighted by molar-refractivity contribution is -0.143. The summed E-state index contributed by atoms with van der Waals surface area (Å²) in [5, 5.41) is 26.4. The molecule has 0 radical (unpaired) electrons. The second-order valence-corrected chi connectivity index (χ2v) is 4.69. The van der Waals surface area contributed by atoms with Crippen LogP contribution >= 0.6 is 0 Å². The van der Waals surface area contributed by atoms with E-state index in [0.717, 1.165) is 6.07 Å². The highest BCUT2D eigenvalue weighted by Crippen LogP contribution is 2.18. The second kappa shape index (κ2) is 7.36. The molecular formula is C14H15FN2O4. The number of carboxylic acids is 2. The van der Waals surface area contributed by atoms with Gasteiger partial charge in [-0.2, -0.15) is 5.26 Å². The average Bonchev–Trinajstić information content (AvgIpc) is 2.42. The van der Waals surface area contributed by atoms with Crippen molar-refractivity contribution in [3.63, 3.8) is 0 Å². The van der Waals surface area contributed by atoms with Crippen LogP contribution in [0.15, 0.2) is 18.2 Å². The maximum absolute atomic E-state index is 13.5. The molecule has 2 atom stereocenters. The van der Waals surface area contributed by atoms with Crippen molar-refractivity contribution < 1.29 is 24.2 Å². The van der Waals surface area contributed by atoms with Gasteiger partial charge in [0.05, 0.1) is 11.5 Å². The van der Waals surface area contributed by atoms with Crippen molar-refractivity contribution in [1.82, 2.24) is 0 Å². The van der Waals surface area contributed by atoms with E-state index in [-0.39, 0.29) is 24.8 Å². The summed E-state index contributed by atoms with van der Waals surface area (Å²) in [6.07, 6.45) is 0.139. The molecule has 0 aromatic heterocycles. The predicted octanol–water partition coefficient (Wildman–Crippen LogP) is 1.13. The van der Waals surface area contributed by atoms with E-state index in [4.69, 9.17) is 21.2 Å². The van der Waals surface area contributed by atoms with Gasteiger partial charge in [-0.25, -0.2) is 4.39 Å². The van der Waals surface area contributed by atoms with Crippen LogP contribution in [0.25, 0.3) is 0 Å². The van der Waals surface area contributed by atoms with E-state index in [1.54, 1.807) is 6.07 Å². The van der Waals surface area contributed by atoms with Gasteiger partial charge in [0.15, 0.2) is 0 Å². The number of rotatable bonds is 7. The standard InChI is InChI=1S/C14H15FN2O4/c15-11-6-8(1-2-10(11)7-16)5-9(13(18)19)3-4-12(17)14(20)21/h1-2,6,9,12H,3-5,17H2,(H,18,19)(H,20,21)/t9-,12-/m0/s1. The fourth-order valence-corrected chi connectivity index (χ4v) is 1.88. The monoisotopic (exact) mass is 294 g/mol. The highest BCUT2D eigenvalue weighted by Gasteiger charge is 2.21. The fraction of sp³-hybridized carbons (Fsp3) is 0.357. The Hall–Kier alpha value is -2.46. The zero-order valence-electron chi connectivity index (χ0n) is 11.1. The summed E-state index contributed by atoms with van der Waals surface area (Å²) in [6.45, 7) is 0. The van der Waals surface area contributed by atoms with Gasteiger partial charge in [0.25, 0.3) is 0 Å². The van der Waals surface area contributed by atoms with E-state index in [0.29, 0.717) is 5.56 Å². The zero-order valence-corrected chi connectivity index (χ0v) is 11.1. The molecule has 4 N–H and O–H groups in total. The van der Waals surface area contributed by atoms with Crippen molar-refractivity contribution in [2.75, 3.05) is 0 Å². The normalized spacial score (nSPS) is 13.2. The topological polar surface area (TPSA) is 124 Å². The second-order valence-electron chi connectivity index (χ2n) is 4.69. The number of hydrogen-bond acceptors (Lipinski definition) is 4. The van der Waals surface area contributed by atoms with Crippen molar-refractivity contribution in [2.45, 2.75) is 25.3 Å². The number of aliphatic carboxylic acids is 2. The minimum atomic E-state index is -1.19. The highest BCUT2D eigenvalue weighted by molar-refractivity contribution is 5.73. The Kier molecular flexibility index (Phi) is 5.81. The molecule has 0 aliphatic heterocycles. The number of carbonyl (C=O) groups is 2. The molecule has 1 rings (SSSR count). The molecule has 0 fully saturated rings. The van der Waals surface area contributed by atoms with E-state index in [9.17, 15) is 14.0 Å². The SMILES string of the molecule is N#Cc1ccc(C[C@H](CC[C@H](N)C(=O)O)C(=O)O)cc1F. The minimum absolute atomic E-state index is 0.0189. The van der Waals surface area contributed by atoms with Crippen molar-refractivity contribution in [2.24, 2.45) is 11.7 Å². The Labute approximate surface area is 120 Å². The third-order valence-corrected chi connectivity index (χ3v) is 3.13. The molecule has 0 bridgehead atoms. The van der Waals surface area contributed by atoms with Crippen LogP contribution in [-0.4, -0.2) is 28.2 Å². The molecule has 0 unspecified atom stereocenters. The Balaban J connectivity index is 2.75. The molecule has 0 aliphatic rings. The van der Waals surface area contributed by atoms with Gasteiger partial charge in [-0.05, 0) is 37.0 Å². The number of hydrogen-bond donors (Lipinski definition) is 3. The van der Waals surface area contributed by atoms with E-state index in [1.165, 1.54) is 12.1 Å². The van der Waals surface area contributed by atoms with Crippen molar-refractivity contribution in [1.29, 1.82) is 5.26 Å². The van der Waals surface area contributed by atoms with Crippen LogP contribution in [0.2, 0.25) is 0 Å². The van der Waals surface area contributed by atoms with Crippen LogP contribution in [0, 0.1) is 23.1 Å². The van der Waals surface area contributed by atoms with Crippen molar-refractivity contribution >= 4 is 11.9 Å². The molecular weight excluding hydrogens is 279 g/mol. The summed E-state index contributed by atoms with van der Waals surface area (Å²) in [5.74, 6) is -3.86. The molecule has 1 aromatic rings. The summed E-state index contributed by atoms with van der Waals surface area (Å²) in [5.41, 5.74) is 5.65. The lowest BCUT2D eigenvalue weighted by Crippen LogP contribution is -2.31. The van der Waals surface area contributed by atoms with Gasteiger partial charge in [0.1, 0.15) is 17.9 Å². The number of nitriles is 1. The summed E-state index contributed by atoms with van der Waals surface area (Å²) < 4.78 is 13.5. The molecule has 21 heavy (non-hydrogen) atoms. The van der Waals surface area contributed by atoms with Crippen molar-refractivity contribution in [3.05, 3.63) is 35.1 Å². The van der Waals surface area contributed by atoms with Gasteiger partial charge >= 0.3 is 11.9 Å². The predicted molar refractivity (Wildman–Crippen MR) is 70.8 cm³/mol. The van der Waals surface area contributed by atoms with E-state index >= 15 is 0 Å². The largest absolute Gasteiger partial charge is 0.481 e.